The van der Waals surface area contributed by atoms with E-state index < -0.39 is 17.7 Å². The molecule has 11 heteroatoms. The fourth-order valence-electron chi connectivity index (χ4n) is 2.07. The van der Waals surface area contributed by atoms with E-state index in [1.54, 1.807) is 6.92 Å². The minimum Gasteiger partial charge on any atom is -0.591 e. The van der Waals surface area contributed by atoms with Gasteiger partial charge in [0, 0.05) is 5.69 Å². The summed E-state index contributed by atoms with van der Waals surface area (Å²) >= 11 is -1.34. The molecule has 2 heterocycles. The average Bonchev–Trinajstić information content (AvgIpc) is 3.00. The Morgan fingerprint density at radius 3 is 2.60 bits per heavy atom. The third-order valence-electron chi connectivity index (χ3n) is 3.13. The third kappa shape index (κ3) is 3.94. The van der Waals surface area contributed by atoms with Gasteiger partial charge in [0.1, 0.15) is 23.6 Å². The maximum Gasteiger partial charge on any atom is 0.573 e. The van der Waals surface area contributed by atoms with Gasteiger partial charge in [0.25, 0.3) is 0 Å². The first-order valence-electron chi connectivity index (χ1n) is 7.08. The summed E-state index contributed by atoms with van der Waals surface area (Å²) in [7, 11) is 0. The number of hydrogen-bond donors (Lipinski definition) is 1. The van der Waals surface area contributed by atoms with Gasteiger partial charge in [-0.25, -0.2) is 9.97 Å². The molecule has 25 heavy (non-hydrogen) atoms. The lowest BCUT2D eigenvalue weighted by Gasteiger charge is -2.10. The predicted molar refractivity (Wildman–Crippen MR) is 85.8 cm³/mol. The molecule has 1 aromatic carbocycles. The Labute approximate surface area is 143 Å². The van der Waals surface area contributed by atoms with E-state index in [-0.39, 0.29) is 5.75 Å². The molecule has 0 aliphatic rings. The summed E-state index contributed by atoms with van der Waals surface area (Å²) < 4.78 is 53.6. The first kappa shape index (κ1) is 17.3. The molecule has 0 aliphatic carbocycles. The summed E-state index contributed by atoms with van der Waals surface area (Å²) in [6.45, 7) is 1.76. The van der Waals surface area contributed by atoms with E-state index in [4.69, 9.17) is 0 Å². The van der Waals surface area contributed by atoms with Crippen molar-refractivity contribution in [1.29, 1.82) is 0 Å². The van der Waals surface area contributed by atoms with Crippen molar-refractivity contribution >= 4 is 33.9 Å². The molecule has 3 aromatic rings. The van der Waals surface area contributed by atoms with Crippen molar-refractivity contribution in [2.24, 2.45) is 0 Å². The van der Waals surface area contributed by atoms with Crippen molar-refractivity contribution in [3.63, 3.8) is 0 Å². The number of rotatable bonds is 5. The van der Waals surface area contributed by atoms with Gasteiger partial charge in [0.15, 0.2) is 0 Å². The van der Waals surface area contributed by atoms with Crippen LogP contribution in [-0.2, 0) is 11.4 Å². The molecule has 3 rings (SSSR count). The minimum atomic E-state index is -4.74. The fraction of sp³-hybridized carbons (Fsp3) is 0.214. The zero-order valence-corrected chi connectivity index (χ0v) is 13.6. The highest BCUT2D eigenvalue weighted by molar-refractivity contribution is 7.89. The molecule has 2 aromatic heterocycles. The smallest absolute Gasteiger partial charge is 0.573 e. The molecule has 7 nitrogen and oxygen atoms in total. The van der Waals surface area contributed by atoms with Gasteiger partial charge < -0.3 is 14.6 Å². The summed E-state index contributed by atoms with van der Waals surface area (Å²) in [5, 5.41) is 7.56. The third-order valence-corrected chi connectivity index (χ3v) is 4.27. The number of fused-ring (bicyclic) bond motifs is 1. The van der Waals surface area contributed by atoms with Crippen LogP contribution in [0.3, 0.4) is 0 Å². The van der Waals surface area contributed by atoms with Crippen LogP contribution in [0.1, 0.15) is 6.92 Å². The molecule has 0 bridgehead atoms. The largest absolute Gasteiger partial charge is 0.591 e. The van der Waals surface area contributed by atoms with Gasteiger partial charge in [-0.05, 0) is 31.2 Å². The van der Waals surface area contributed by atoms with Crippen LogP contribution in [0.5, 0.6) is 5.75 Å². The highest BCUT2D eigenvalue weighted by atomic mass is 32.2. The van der Waals surface area contributed by atoms with E-state index in [9.17, 15) is 17.7 Å². The molecule has 0 saturated carbocycles. The lowest BCUT2D eigenvalue weighted by molar-refractivity contribution is -0.274. The maximum atomic E-state index is 12.2. The Morgan fingerprint density at radius 2 is 1.96 bits per heavy atom. The molecular weight excluding hydrogens is 359 g/mol. The van der Waals surface area contributed by atoms with Crippen LogP contribution in [0, 0.1) is 0 Å². The van der Waals surface area contributed by atoms with Crippen LogP contribution in [-0.4, -0.2) is 35.8 Å². The molecular formula is C14H12F3N5O2S. The zero-order chi connectivity index (χ0) is 18.0. The summed E-state index contributed by atoms with van der Waals surface area (Å²) in [5.74, 6) is 0.454. The van der Waals surface area contributed by atoms with Crippen LogP contribution in [0.2, 0.25) is 0 Å². The van der Waals surface area contributed by atoms with Gasteiger partial charge in [0.05, 0.1) is 22.9 Å². The van der Waals surface area contributed by atoms with Gasteiger partial charge in [-0.2, -0.15) is 0 Å². The molecule has 1 unspecified atom stereocenters. The number of anilines is 2. The van der Waals surface area contributed by atoms with Crippen LogP contribution in [0.15, 0.2) is 36.8 Å². The molecule has 0 amide bonds. The summed E-state index contributed by atoms with van der Waals surface area (Å²) in [6, 6.07) is 5.21. The van der Waals surface area contributed by atoms with Crippen molar-refractivity contribution in [3.8, 4) is 5.75 Å². The van der Waals surface area contributed by atoms with E-state index in [1.165, 1.54) is 40.9 Å². The Bertz CT molecular complexity index is 869. The maximum absolute atomic E-state index is 12.2. The monoisotopic (exact) mass is 371 g/mol. The standard InChI is InChI=1S/C14H12F3N5O2S/c1-2-25(23)22-13-11(7-20-22)12(18-8-19-13)21-9-3-5-10(6-4-9)24-14(15,16)17/h3-8H,2H2,1H3,(H,18,19,21). The minimum absolute atomic E-state index is 0.322. The molecule has 0 aliphatic heterocycles. The molecule has 0 spiro atoms. The molecule has 0 radical (unpaired) electrons. The second kappa shape index (κ2) is 6.76. The van der Waals surface area contributed by atoms with Gasteiger partial charge >= 0.3 is 6.36 Å². The predicted octanol–water partition coefficient (Wildman–Crippen LogP) is 3.00. The molecule has 1 atom stereocenters. The van der Waals surface area contributed by atoms with Crippen LogP contribution >= 0.6 is 0 Å². The number of nitrogens with zero attached hydrogens (tertiary/aromatic N) is 4. The van der Waals surface area contributed by atoms with E-state index in [1.807, 2.05) is 0 Å². The molecule has 132 valence electrons. The number of ether oxygens (including phenoxy) is 1. The number of aromatic nitrogens is 4. The number of alkyl halides is 3. The first-order valence-corrected chi connectivity index (χ1v) is 8.35. The van der Waals surface area contributed by atoms with Crippen molar-refractivity contribution in [2.75, 3.05) is 11.1 Å². The summed E-state index contributed by atoms with van der Waals surface area (Å²) in [5.41, 5.74) is 0.897. The van der Waals surface area contributed by atoms with Crippen molar-refractivity contribution in [3.05, 3.63) is 36.8 Å². The SMILES string of the molecule is CC[S+]([O-])n1ncc2c(Nc3ccc(OC(F)(F)F)cc3)ncnc21. The second-order valence-corrected chi connectivity index (χ2v) is 6.35. The van der Waals surface area contributed by atoms with Gasteiger partial charge in [-0.1, -0.05) is 4.09 Å². The molecule has 0 fully saturated rings. The van der Waals surface area contributed by atoms with Crippen LogP contribution in [0.4, 0.5) is 24.7 Å². The van der Waals surface area contributed by atoms with Crippen molar-refractivity contribution < 1.29 is 22.5 Å². The quantitative estimate of drug-likeness (QED) is 0.694. The lowest BCUT2D eigenvalue weighted by atomic mass is 10.3. The van der Waals surface area contributed by atoms with Gasteiger partial charge in [-0.15, -0.1) is 18.3 Å². The van der Waals surface area contributed by atoms with Crippen molar-refractivity contribution in [1.82, 2.24) is 19.2 Å². The number of nitrogens with one attached hydrogen (secondary N) is 1. The molecule has 0 saturated heterocycles. The fourth-order valence-corrected chi connectivity index (χ4v) is 2.81. The summed E-state index contributed by atoms with van der Waals surface area (Å²) in [6.07, 6.45) is -1.97. The Balaban J connectivity index is 1.85. The number of benzene rings is 1. The highest BCUT2D eigenvalue weighted by Crippen LogP contribution is 2.27. The Hall–Kier alpha value is -2.53. The Kier molecular flexibility index (Phi) is 4.68. The first-order chi connectivity index (χ1) is 11.9. The van der Waals surface area contributed by atoms with Crippen LogP contribution < -0.4 is 10.1 Å². The zero-order valence-electron chi connectivity index (χ0n) is 12.8. The number of hydrogen-bond acceptors (Lipinski definition) is 6. The second-order valence-electron chi connectivity index (χ2n) is 4.78. The molecule has 1 N–H and O–H groups in total. The average molecular weight is 371 g/mol. The normalized spacial score (nSPS) is 13.0. The lowest BCUT2D eigenvalue weighted by Crippen LogP contribution is -2.17. The van der Waals surface area contributed by atoms with E-state index >= 15 is 0 Å². The van der Waals surface area contributed by atoms with Crippen molar-refractivity contribution in [2.45, 2.75) is 13.3 Å². The summed E-state index contributed by atoms with van der Waals surface area (Å²) in [4.78, 5) is 8.17. The highest BCUT2D eigenvalue weighted by Gasteiger charge is 2.31. The Morgan fingerprint density at radius 1 is 1.24 bits per heavy atom. The van der Waals surface area contributed by atoms with Gasteiger partial charge in [0.2, 0.25) is 5.65 Å². The van der Waals surface area contributed by atoms with E-state index in [0.717, 1.165) is 0 Å². The topological polar surface area (TPSA) is 87.9 Å². The van der Waals surface area contributed by atoms with E-state index in [2.05, 4.69) is 25.1 Å². The number of halogens is 3. The van der Waals surface area contributed by atoms with Gasteiger partial charge in [-0.3, -0.25) is 0 Å². The van der Waals surface area contributed by atoms with E-state index in [0.29, 0.717) is 28.3 Å². The van der Waals surface area contributed by atoms with Crippen LogP contribution in [0.25, 0.3) is 11.0 Å².